The summed E-state index contributed by atoms with van der Waals surface area (Å²) in [5, 5.41) is 0. The number of unbranched alkanes of at least 4 members (excludes halogenated alkanes) is 1. The Hall–Kier alpha value is -0.330. The minimum Gasteiger partial charge on any atom is -0.300 e. The number of hydrogen-bond donors (Lipinski definition) is 0. The molecule has 0 aromatic heterocycles. The zero-order valence-electron chi connectivity index (χ0n) is 7.14. The van der Waals surface area contributed by atoms with Gasteiger partial charge in [-0.2, -0.15) is 0 Å². The van der Waals surface area contributed by atoms with Crippen molar-refractivity contribution < 1.29 is 4.79 Å². The van der Waals surface area contributed by atoms with Crippen molar-refractivity contribution in [3.63, 3.8) is 0 Å². The molecule has 1 fully saturated rings. The van der Waals surface area contributed by atoms with Crippen molar-refractivity contribution in [2.45, 2.75) is 44.9 Å². The molecular weight excluding hydrogens is 136 g/mol. The van der Waals surface area contributed by atoms with Gasteiger partial charge in [0.2, 0.25) is 0 Å². The van der Waals surface area contributed by atoms with E-state index >= 15 is 0 Å². The molecule has 1 rings (SSSR count). The van der Waals surface area contributed by atoms with Gasteiger partial charge in [-0.1, -0.05) is 26.2 Å². The van der Waals surface area contributed by atoms with Crippen molar-refractivity contribution in [3.8, 4) is 0 Å². The average molecular weight is 153 g/mol. The van der Waals surface area contributed by atoms with E-state index in [4.69, 9.17) is 0 Å². The molecule has 0 amide bonds. The van der Waals surface area contributed by atoms with E-state index in [9.17, 15) is 4.79 Å². The lowest BCUT2D eigenvalue weighted by Gasteiger charge is -2.20. The van der Waals surface area contributed by atoms with E-state index in [1.165, 1.54) is 12.8 Å². The molecule has 0 atom stereocenters. The first-order valence-electron chi connectivity index (χ1n) is 4.64. The van der Waals surface area contributed by atoms with E-state index in [0.29, 0.717) is 5.78 Å². The Labute approximate surface area is 69.2 Å². The molecule has 63 valence electrons. The van der Waals surface area contributed by atoms with E-state index in [2.05, 4.69) is 6.92 Å². The summed E-state index contributed by atoms with van der Waals surface area (Å²) in [7, 11) is 0. The van der Waals surface area contributed by atoms with Gasteiger partial charge < -0.3 is 0 Å². The third kappa shape index (κ3) is 3.04. The van der Waals surface area contributed by atoms with Crippen LogP contribution in [0.2, 0.25) is 0 Å². The van der Waals surface area contributed by atoms with Crippen LogP contribution in [0.4, 0.5) is 0 Å². The highest BCUT2D eigenvalue weighted by Crippen LogP contribution is 2.25. The summed E-state index contributed by atoms with van der Waals surface area (Å²) in [4.78, 5) is 10.9. The van der Waals surface area contributed by atoms with Gasteiger partial charge >= 0.3 is 0 Å². The van der Waals surface area contributed by atoms with Crippen LogP contribution < -0.4 is 0 Å². The third-order valence-corrected chi connectivity index (χ3v) is 2.53. The fourth-order valence-electron chi connectivity index (χ4n) is 1.72. The number of Topliss-reactive ketones (excluding diaryl/α,β-unsaturated/α-hetero) is 1. The predicted molar refractivity (Wildman–Crippen MR) is 46.2 cm³/mol. The predicted octanol–water partition coefficient (Wildman–Crippen LogP) is 2.75. The van der Waals surface area contributed by atoms with Crippen LogP contribution in [0.5, 0.6) is 0 Å². The summed E-state index contributed by atoms with van der Waals surface area (Å²) in [6.45, 7) is 3.82. The number of carbonyl (C=O) groups excluding carboxylic acids is 1. The summed E-state index contributed by atoms with van der Waals surface area (Å²) < 4.78 is 0. The van der Waals surface area contributed by atoms with Gasteiger partial charge in [0.1, 0.15) is 5.78 Å². The first-order chi connectivity index (χ1) is 5.33. The SMILES string of the molecule is [CH2]CCCC1CCC(=O)CC1. The monoisotopic (exact) mass is 153 g/mol. The summed E-state index contributed by atoms with van der Waals surface area (Å²) >= 11 is 0. The van der Waals surface area contributed by atoms with Crippen LogP contribution in [0.1, 0.15) is 44.9 Å². The first-order valence-corrected chi connectivity index (χ1v) is 4.64. The third-order valence-electron chi connectivity index (χ3n) is 2.53. The van der Waals surface area contributed by atoms with Gasteiger partial charge in [-0.15, -0.1) is 0 Å². The van der Waals surface area contributed by atoms with Gasteiger partial charge in [-0.25, -0.2) is 0 Å². The van der Waals surface area contributed by atoms with Crippen molar-refractivity contribution in [3.05, 3.63) is 6.92 Å². The fourth-order valence-corrected chi connectivity index (χ4v) is 1.72. The first kappa shape index (κ1) is 8.76. The average Bonchev–Trinajstić information content (AvgIpc) is 2.04. The van der Waals surface area contributed by atoms with Crippen molar-refractivity contribution in [1.82, 2.24) is 0 Å². The Balaban J connectivity index is 2.12. The van der Waals surface area contributed by atoms with Crippen LogP contribution in [0.3, 0.4) is 0 Å². The maximum absolute atomic E-state index is 10.9. The van der Waals surface area contributed by atoms with Gasteiger partial charge in [-0.3, -0.25) is 4.79 Å². The molecule has 1 radical (unpaired) electrons. The number of rotatable bonds is 3. The molecule has 0 aromatic rings. The van der Waals surface area contributed by atoms with E-state index in [0.717, 1.165) is 38.0 Å². The standard InChI is InChI=1S/C10H17O/c1-2-3-4-9-5-7-10(11)8-6-9/h9H,1-8H2. The van der Waals surface area contributed by atoms with Gasteiger partial charge in [0, 0.05) is 12.8 Å². The molecule has 0 unspecified atom stereocenters. The zero-order valence-corrected chi connectivity index (χ0v) is 7.14. The minimum atomic E-state index is 0.468. The lowest BCUT2D eigenvalue weighted by atomic mass is 9.85. The van der Waals surface area contributed by atoms with Crippen molar-refractivity contribution in [1.29, 1.82) is 0 Å². The van der Waals surface area contributed by atoms with Crippen LogP contribution in [0, 0.1) is 12.8 Å². The highest BCUT2D eigenvalue weighted by molar-refractivity contribution is 5.78. The fraction of sp³-hybridized carbons (Fsp3) is 0.800. The molecule has 0 heterocycles. The molecule has 1 heteroatoms. The Bertz CT molecular complexity index is 119. The molecule has 0 aromatic carbocycles. The molecule has 1 aliphatic carbocycles. The quantitative estimate of drug-likeness (QED) is 0.609. The van der Waals surface area contributed by atoms with E-state index < -0.39 is 0 Å². The lowest BCUT2D eigenvalue weighted by Crippen LogP contribution is -2.13. The van der Waals surface area contributed by atoms with E-state index in [1.54, 1.807) is 0 Å². The second-order valence-corrected chi connectivity index (χ2v) is 3.48. The van der Waals surface area contributed by atoms with Crippen LogP contribution in [0.25, 0.3) is 0 Å². The Morgan fingerprint density at radius 2 is 2.00 bits per heavy atom. The molecule has 0 spiro atoms. The minimum absolute atomic E-state index is 0.468. The molecule has 1 nitrogen and oxygen atoms in total. The van der Waals surface area contributed by atoms with Crippen LogP contribution in [0.15, 0.2) is 0 Å². The van der Waals surface area contributed by atoms with Crippen LogP contribution in [-0.4, -0.2) is 5.78 Å². The van der Waals surface area contributed by atoms with E-state index in [1.807, 2.05) is 0 Å². The zero-order chi connectivity index (χ0) is 8.10. The summed E-state index contributed by atoms with van der Waals surface area (Å²) in [5.74, 6) is 1.30. The smallest absolute Gasteiger partial charge is 0.132 e. The summed E-state index contributed by atoms with van der Waals surface area (Å²) in [6.07, 6.45) is 7.52. The Morgan fingerprint density at radius 1 is 1.36 bits per heavy atom. The topological polar surface area (TPSA) is 17.1 Å². The Kier molecular flexibility index (Phi) is 3.61. The normalized spacial score (nSPS) is 20.6. The summed E-state index contributed by atoms with van der Waals surface area (Å²) in [6, 6.07) is 0. The maximum atomic E-state index is 10.9. The maximum Gasteiger partial charge on any atom is 0.132 e. The number of ketones is 1. The Morgan fingerprint density at radius 3 is 2.55 bits per heavy atom. The van der Waals surface area contributed by atoms with Crippen molar-refractivity contribution in [2.24, 2.45) is 5.92 Å². The highest BCUT2D eigenvalue weighted by Gasteiger charge is 2.17. The number of carbonyl (C=O) groups is 1. The van der Waals surface area contributed by atoms with E-state index in [-0.39, 0.29) is 0 Å². The molecule has 0 N–H and O–H groups in total. The van der Waals surface area contributed by atoms with Crippen LogP contribution >= 0.6 is 0 Å². The van der Waals surface area contributed by atoms with Gasteiger partial charge in [0.25, 0.3) is 0 Å². The second-order valence-electron chi connectivity index (χ2n) is 3.48. The van der Waals surface area contributed by atoms with Gasteiger partial charge in [0.15, 0.2) is 0 Å². The molecule has 1 aliphatic rings. The molecule has 1 saturated carbocycles. The van der Waals surface area contributed by atoms with Crippen LogP contribution in [-0.2, 0) is 4.79 Å². The summed E-state index contributed by atoms with van der Waals surface area (Å²) in [5.41, 5.74) is 0. The molecule has 0 bridgehead atoms. The molecular formula is C10H17O. The van der Waals surface area contributed by atoms with Crippen molar-refractivity contribution in [2.75, 3.05) is 0 Å². The molecule has 0 saturated heterocycles. The van der Waals surface area contributed by atoms with Crippen molar-refractivity contribution >= 4 is 5.78 Å². The van der Waals surface area contributed by atoms with Gasteiger partial charge in [-0.05, 0) is 18.8 Å². The lowest BCUT2D eigenvalue weighted by molar-refractivity contribution is -0.121. The molecule has 0 aliphatic heterocycles. The number of hydrogen-bond acceptors (Lipinski definition) is 1. The highest BCUT2D eigenvalue weighted by atomic mass is 16.1. The molecule has 11 heavy (non-hydrogen) atoms. The van der Waals surface area contributed by atoms with Gasteiger partial charge in [0.05, 0.1) is 0 Å². The largest absolute Gasteiger partial charge is 0.300 e. The second kappa shape index (κ2) is 4.53.